The van der Waals surface area contributed by atoms with Crippen LogP contribution in [0, 0.1) is 11.2 Å². The Bertz CT molecular complexity index is 983. The van der Waals surface area contributed by atoms with Crippen LogP contribution in [0.4, 0.5) is 17.6 Å². The normalized spacial score (nSPS) is 19.5. The number of amides is 1. The predicted octanol–water partition coefficient (Wildman–Crippen LogP) is 3.35. The molecule has 3 heterocycles. The fourth-order valence-corrected chi connectivity index (χ4v) is 3.90. The van der Waals surface area contributed by atoms with E-state index in [0.717, 1.165) is 19.2 Å². The van der Waals surface area contributed by atoms with Crippen LogP contribution in [0.15, 0.2) is 16.7 Å². The fraction of sp³-hybridized carbons (Fsp3) is 0.550. The monoisotopic (exact) mass is 442 g/mol. The largest absolute Gasteiger partial charge is 0.491 e. The SMILES string of the molecule is CN1CCC(C)(C(=O)N2CCOc3cc(-c4noc(C(F)(F)F)n4)cc(F)c3C2)CC1. The number of piperidine rings is 1. The lowest BCUT2D eigenvalue weighted by Gasteiger charge is -2.39. The van der Waals surface area contributed by atoms with Gasteiger partial charge >= 0.3 is 12.1 Å². The lowest BCUT2D eigenvalue weighted by atomic mass is 9.79. The van der Waals surface area contributed by atoms with Gasteiger partial charge in [-0.05, 0) is 45.1 Å². The minimum Gasteiger partial charge on any atom is -0.491 e. The van der Waals surface area contributed by atoms with Crippen molar-refractivity contribution < 1.29 is 31.6 Å². The van der Waals surface area contributed by atoms with Crippen molar-refractivity contribution in [2.45, 2.75) is 32.5 Å². The Labute approximate surface area is 175 Å². The van der Waals surface area contributed by atoms with Gasteiger partial charge in [-0.2, -0.15) is 18.2 Å². The molecule has 1 amide bonds. The number of carbonyl (C=O) groups is 1. The standard InChI is InChI=1S/C20H22F4N4O3/c1-19(3-5-27(2)6-4-19)18(29)28-7-8-30-15-10-12(9-14(21)13(15)11-28)16-25-17(31-26-16)20(22,23)24/h9-10H,3-8,11H2,1-2H3. The molecule has 0 aliphatic carbocycles. The van der Waals surface area contributed by atoms with Crippen molar-refractivity contribution in [3.63, 3.8) is 0 Å². The zero-order valence-electron chi connectivity index (χ0n) is 17.1. The molecule has 4 rings (SSSR count). The molecule has 1 aromatic carbocycles. The lowest BCUT2D eigenvalue weighted by molar-refractivity contribution is -0.159. The Morgan fingerprint density at radius 3 is 2.55 bits per heavy atom. The van der Waals surface area contributed by atoms with Crippen LogP contribution in [-0.2, 0) is 17.5 Å². The van der Waals surface area contributed by atoms with Gasteiger partial charge < -0.3 is 19.1 Å². The highest BCUT2D eigenvalue weighted by Gasteiger charge is 2.40. The number of ether oxygens (including phenoxy) is 1. The number of hydrogen-bond acceptors (Lipinski definition) is 6. The van der Waals surface area contributed by atoms with E-state index in [2.05, 4.69) is 19.6 Å². The molecule has 1 fully saturated rings. The van der Waals surface area contributed by atoms with Crippen LogP contribution in [0.2, 0.25) is 0 Å². The van der Waals surface area contributed by atoms with Crippen LogP contribution in [0.5, 0.6) is 5.75 Å². The molecular formula is C20H22F4N4O3. The predicted molar refractivity (Wildman–Crippen MR) is 100 cm³/mol. The summed E-state index contributed by atoms with van der Waals surface area (Å²) in [5.74, 6) is -2.51. The summed E-state index contributed by atoms with van der Waals surface area (Å²) in [6.45, 7) is 4.00. The molecule has 0 bridgehead atoms. The van der Waals surface area contributed by atoms with Crippen LogP contribution in [-0.4, -0.2) is 59.1 Å². The summed E-state index contributed by atoms with van der Waals surface area (Å²) < 4.78 is 62.9. The summed E-state index contributed by atoms with van der Waals surface area (Å²) in [6.07, 6.45) is -3.36. The molecule has 0 radical (unpaired) electrons. The van der Waals surface area contributed by atoms with Crippen molar-refractivity contribution in [3.8, 4) is 17.1 Å². The molecule has 0 atom stereocenters. The third-order valence-electron chi connectivity index (χ3n) is 5.94. The number of benzene rings is 1. The van der Waals surface area contributed by atoms with Gasteiger partial charge in [-0.15, -0.1) is 0 Å². The van der Waals surface area contributed by atoms with Crippen LogP contribution in [0.25, 0.3) is 11.4 Å². The van der Waals surface area contributed by atoms with Gasteiger partial charge in [-0.1, -0.05) is 12.1 Å². The third kappa shape index (κ3) is 4.23. The summed E-state index contributed by atoms with van der Waals surface area (Å²) in [6, 6.07) is 2.40. The maximum Gasteiger partial charge on any atom is 0.471 e. The van der Waals surface area contributed by atoms with E-state index in [1.165, 1.54) is 6.07 Å². The third-order valence-corrected chi connectivity index (χ3v) is 5.94. The van der Waals surface area contributed by atoms with Gasteiger partial charge in [0.1, 0.15) is 18.2 Å². The van der Waals surface area contributed by atoms with Gasteiger partial charge in [0.05, 0.1) is 13.1 Å². The second-order valence-corrected chi connectivity index (χ2v) is 8.29. The number of rotatable bonds is 2. The summed E-state index contributed by atoms with van der Waals surface area (Å²) in [7, 11) is 2.01. The van der Waals surface area contributed by atoms with E-state index in [9.17, 15) is 22.4 Å². The molecule has 0 unspecified atom stereocenters. The van der Waals surface area contributed by atoms with Gasteiger partial charge in [0.25, 0.3) is 0 Å². The maximum absolute atomic E-state index is 14.9. The molecule has 168 valence electrons. The number of aromatic nitrogens is 2. The molecule has 0 N–H and O–H groups in total. The van der Waals surface area contributed by atoms with Crippen molar-refractivity contribution in [1.82, 2.24) is 19.9 Å². The van der Waals surface area contributed by atoms with Crippen LogP contribution < -0.4 is 4.74 Å². The topological polar surface area (TPSA) is 71.7 Å². The zero-order chi connectivity index (χ0) is 22.4. The highest BCUT2D eigenvalue weighted by molar-refractivity contribution is 5.82. The first-order valence-corrected chi connectivity index (χ1v) is 9.91. The Kier molecular flexibility index (Phi) is 5.40. The van der Waals surface area contributed by atoms with Gasteiger partial charge in [-0.25, -0.2) is 4.39 Å². The molecule has 1 aromatic heterocycles. The Morgan fingerprint density at radius 2 is 1.90 bits per heavy atom. The quantitative estimate of drug-likeness (QED) is 0.665. The number of nitrogens with zero attached hydrogens (tertiary/aromatic N) is 4. The van der Waals surface area contributed by atoms with E-state index in [1.54, 1.807) is 4.90 Å². The smallest absolute Gasteiger partial charge is 0.471 e. The van der Waals surface area contributed by atoms with Gasteiger partial charge in [0, 0.05) is 16.5 Å². The number of fused-ring (bicyclic) bond motifs is 1. The maximum atomic E-state index is 14.9. The minimum atomic E-state index is -4.79. The van der Waals surface area contributed by atoms with E-state index >= 15 is 0 Å². The second kappa shape index (κ2) is 7.77. The van der Waals surface area contributed by atoms with Crippen LogP contribution >= 0.6 is 0 Å². The second-order valence-electron chi connectivity index (χ2n) is 8.29. The average Bonchev–Trinajstić information content (AvgIpc) is 3.12. The molecule has 1 saturated heterocycles. The Hall–Kier alpha value is -2.69. The molecule has 2 aromatic rings. The van der Waals surface area contributed by atoms with Crippen LogP contribution in [0.1, 0.15) is 31.2 Å². The fourth-order valence-electron chi connectivity index (χ4n) is 3.90. The first kappa shape index (κ1) is 21.5. The van der Waals surface area contributed by atoms with Crippen molar-refractivity contribution >= 4 is 5.91 Å². The minimum absolute atomic E-state index is 0.00226. The van der Waals surface area contributed by atoms with Crippen molar-refractivity contribution in [3.05, 3.63) is 29.4 Å². The molecule has 2 aliphatic heterocycles. The molecular weight excluding hydrogens is 420 g/mol. The highest BCUT2D eigenvalue weighted by Crippen LogP contribution is 2.37. The first-order chi connectivity index (χ1) is 14.6. The van der Waals surface area contributed by atoms with E-state index in [4.69, 9.17) is 4.74 Å². The van der Waals surface area contributed by atoms with Gasteiger partial charge in [0.2, 0.25) is 11.7 Å². The van der Waals surface area contributed by atoms with Crippen molar-refractivity contribution in [2.24, 2.45) is 5.41 Å². The molecule has 2 aliphatic rings. The van der Waals surface area contributed by atoms with E-state index in [1.807, 2.05) is 14.0 Å². The summed E-state index contributed by atoms with van der Waals surface area (Å²) in [4.78, 5) is 20.3. The molecule has 31 heavy (non-hydrogen) atoms. The van der Waals surface area contributed by atoms with Crippen LogP contribution in [0.3, 0.4) is 0 Å². The van der Waals surface area contributed by atoms with Gasteiger partial charge in [-0.3, -0.25) is 4.79 Å². The van der Waals surface area contributed by atoms with E-state index in [0.29, 0.717) is 12.8 Å². The highest BCUT2D eigenvalue weighted by atomic mass is 19.4. The van der Waals surface area contributed by atoms with Gasteiger partial charge in [0.15, 0.2) is 0 Å². The summed E-state index contributed by atoms with van der Waals surface area (Å²) in [5.41, 5.74) is -0.352. The Morgan fingerprint density at radius 1 is 1.19 bits per heavy atom. The summed E-state index contributed by atoms with van der Waals surface area (Å²) >= 11 is 0. The van der Waals surface area contributed by atoms with E-state index < -0.39 is 29.1 Å². The number of alkyl halides is 3. The number of likely N-dealkylation sites (tertiary alicyclic amines) is 1. The number of halogens is 4. The van der Waals surface area contributed by atoms with E-state index in [-0.39, 0.29) is 42.5 Å². The summed E-state index contributed by atoms with van der Waals surface area (Å²) in [5, 5.41) is 3.29. The van der Waals surface area contributed by atoms with Crippen molar-refractivity contribution in [2.75, 3.05) is 33.3 Å². The zero-order valence-corrected chi connectivity index (χ0v) is 17.1. The number of hydrogen-bond donors (Lipinski definition) is 0. The number of carbonyl (C=O) groups excluding carboxylic acids is 1. The average molecular weight is 442 g/mol. The Balaban J connectivity index is 1.59. The molecule has 0 saturated carbocycles. The molecule has 7 nitrogen and oxygen atoms in total. The molecule has 11 heteroatoms. The lowest BCUT2D eigenvalue weighted by Crippen LogP contribution is -2.48. The first-order valence-electron chi connectivity index (χ1n) is 9.91. The van der Waals surface area contributed by atoms with Crippen molar-refractivity contribution in [1.29, 1.82) is 0 Å². The molecule has 0 spiro atoms.